The summed E-state index contributed by atoms with van der Waals surface area (Å²) >= 11 is 0. The predicted molar refractivity (Wildman–Crippen MR) is 51.5 cm³/mol. The summed E-state index contributed by atoms with van der Waals surface area (Å²) in [7, 11) is 0. The Bertz CT molecular complexity index is 215. The molecule has 5 heteroatoms. The lowest BCUT2D eigenvalue weighted by Crippen LogP contribution is -2.43. The molecule has 15 heavy (non-hydrogen) atoms. The topological polar surface area (TPSA) is 23.5 Å². The molecule has 2 nitrogen and oxygen atoms in total. The molecule has 0 amide bonds. The third kappa shape index (κ3) is 4.66. The second-order valence-corrected chi connectivity index (χ2v) is 3.74. The lowest BCUT2D eigenvalue weighted by Gasteiger charge is -2.31. The van der Waals surface area contributed by atoms with Gasteiger partial charge in [-0.05, 0) is 19.3 Å². The Morgan fingerprint density at radius 2 is 2.13 bits per heavy atom. The number of nitrogens with zero attached hydrogens (tertiary/aromatic N) is 1. The molecule has 1 atom stereocenters. The highest BCUT2D eigenvalue weighted by Crippen LogP contribution is 2.22. The van der Waals surface area contributed by atoms with Gasteiger partial charge in [-0.2, -0.15) is 13.2 Å². The van der Waals surface area contributed by atoms with Crippen molar-refractivity contribution >= 4 is 0 Å². The lowest BCUT2D eigenvalue weighted by atomic mass is 10.0. The Morgan fingerprint density at radius 3 is 2.60 bits per heavy atom. The van der Waals surface area contributed by atoms with Crippen molar-refractivity contribution < 1.29 is 18.3 Å². The Morgan fingerprint density at radius 1 is 1.40 bits per heavy atom. The molecule has 88 valence electrons. The second kappa shape index (κ2) is 5.51. The smallest absolute Gasteiger partial charge is 0.395 e. The molecule has 1 aliphatic rings. The van der Waals surface area contributed by atoms with Crippen molar-refractivity contribution in [3.8, 4) is 0 Å². The molecule has 0 aromatic heterocycles. The maximum absolute atomic E-state index is 12.2. The van der Waals surface area contributed by atoms with E-state index in [-0.39, 0.29) is 19.2 Å². The number of aliphatic hydroxyl groups is 1. The van der Waals surface area contributed by atoms with E-state index < -0.39 is 12.7 Å². The van der Waals surface area contributed by atoms with Crippen molar-refractivity contribution in [2.45, 2.75) is 31.5 Å². The zero-order chi connectivity index (χ0) is 11.3. The van der Waals surface area contributed by atoms with Crippen LogP contribution in [0.4, 0.5) is 13.2 Å². The average molecular weight is 223 g/mol. The van der Waals surface area contributed by atoms with Crippen LogP contribution >= 0.6 is 0 Å². The summed E-state index contributed by atoms with van der Waals surface area (Å²) in [6.07, 6.45) is 2.13. The van der Waals surface area contributed by atoms with E-state index in [1.54, 1.807) is 0 Å². The average Bonchev–Trinajstić information content (AvgIpc) is 2.17. The molecule has 0 bridgehead atoms. The molecule has 0 saturated carbocycles. The van der Waals surface area contributed by atoms with Crippen LogP contribution in [0.25, 0.3) is 0 Å². The standard InChI is InChI=1S/C10H16F3NO/c11-10(12,13)8-14(6-7-15)9-4-2-1-3-5-9/h2,4,9,15H,1,3,5-8H2. The lowest BCUT2D eigenvalue weighted by molar-refractivity contribution is -0.150. The molecular formula is C10H16F3NO. The van der Waals surface area contributed by atoms with Gasteiger partial charge in [0, 0.05) is 12.6 Å². The van der Waals surface area contributed by atoms with E-state index in [0.29, 0.717) is 0 Å². The fraction of sp³-hybridized carbons (Fsp3) is 0.800. The Kier molecular flexibility index (Phi) is 4.60. The highest BCUT2D eigenvalue weighted by Gasteiger charge is 2.33. The van der Waals surface area contributed by atoms with Crippen molar-refractivity contribution in [3.05, 3.63) is 12.2 Å². The number of hydrogen-bond donors (Lipinski definition) is 1. The van der Waals surface area contributed by atoms with Crippen LogP contribution in [-0.2, 0) is 0 Å². The van der Waals surface area contributed by atoms with Gasteiger partial charge in [-0.3, -0.25) is 4.90 Å². The quantitative estimate of drug-likeness (QED) is 0.736. The first-order valence-corrected chi connectivity index (χ1v) is 5.11. The fourth-order valence-electron chi connectivity index (χ4n) is 1.82. The fourth-order valence-corrected chi connectivity index (χ4v) is 1.82. The van der Waals surface area contributed by atoms with Crippen LogP contribution in [0, 0.1) is 0 Å². The number of aliphatic hydroxyl groups excluding tert-OH is 1. The number of allylic oxidation sites excluding steroid dienone is 1. The third-order valence-corrected chi connectivity index (χ3v) is 2.47. The Labute approximate surface area is 87.4 Å². The van der Waals surface area contributed by atoms with E-state index in [9.17, 15) is 13.2 Å². The molecule has 1 unspecified atom stereocenters. The van der Waals surface area contributed by atoms with Gasteiger partial charge in [0.05, 0.1) is 13.2 Å². The van der Waals surface area contributed by atoms with Gasteiger partial charge >= 0.3 is 6.18 Å². The molecule has 0 radical (unpaired) electrons. The minimum atomic E-state index is -4.19. The van der Waals surface area contributed by atoms with Crippen molar-refractivity contribution in [3.63, 3.8) is 0 Å². The normalized spacial score (nSPS) is 22.3. The van der Waals surface area contributed by atoms with Gasteiger partial charge in [0.1, 0.15) is 0 Å². The molecule has 0 saturated heterocycles. The van der Waals surface area contributed by atoms with Crippen LogP contribution in [-0.4, -0.2) is 41.9 Å². The van der Waals surface area contributed by atoms with Gasteiger partial charge in [0.15, 0.2) is 0 Å². The molecule has 0 spiro atoms. The summed E-state index contributed by atoms with van der Waals surface area (Å²) in [4.78, 5) is 1.29. The van der Waals surface area contributed by atoms with Gasteiger partial charge < -0.3 is 5.11 Å². The molecule has 0 heterocycles. The molecule has 1 N–H and O–H groups in total. The Balaban J connectivity index is 2.55. The number of alkyl halides is 3. The molecule has 1 aliphatic carbocycles. The van der Waals surface area contributed by atoms with E-state index in [4.69, 9.17) is 5.11 Å². The van der Waals surface area contributed by atoms with E-state index in [0.717, 1.165) is 19.3 Å². The highest BCUT2D eigenvalue weighted by molar-refractivity contribution is 4.98. The first-order valence-electron chi connectivity index (χ1n) is 5.11. The van der Waals surface area contributed by atoms with Crippen LogP contribution in [0.2, 0.25) is 0 Å². The van der Waals surface area contributed by atoms with Crippen LogP contribution < -0.4 is 0 Å². The maximum atomic E-state index is 12.2. The molecule has 0 aromatic rings. The molecule has 0 aliphatic heterocycles. The first kappa shape index (κ1) is 12.5. The van der Waals surface area contributed by atoms with Crippen molar-refractivity contribution in [1.82, 2.24) is 4.90 Å². The largest absolute Gasteiger partial charge is 0.401 e. The summed E-state index contributed by atoms with van der Waals surface area (Å²) in [6, 6.07) is -0.174. The van der Waals surface area contributed by atoms with Gasteiger partial charge in [0.2, 0.25) is 0 Å². The minimum Gasteiger partial charge on any atom is -0.395 e. The van der Waals surface area contributed by atoms with E-state index in [1.807, 2.05) is 12.2 Å². The predicted octanol–water partition coefficient (Wildman–Crippen LogP) is 1.95. The third-order valence-electron chi connectivity index (χ3n) is 2.47. The van der Waals surface area contributed by atoms with Gasteiger partial charge in [0.25, 0.3) is 0 Å². The van der Waals surface area contributed by atoms with Crippen LogP contribution in [0.5, 0.6) is 0 Å². The summed E-state index contributed by atoms with van der Waals surface area (Å²) < 4.78 is 36.7. The summed E-state index contributed by atoms with van der Waals surface area (Å²) in [6.45, 7) is -1.10. The first-order chi connectivity index (χ1) is 7.03. The maximum Gasteiger partial charge on any atom is 0.401 e. The molecule has 0 fully saturated rings. The molecular weight excluding hydrogens is 207 g/mol. The molecule has 1 rings (SSSR count). The van der Waals surface area contributed by atoms with Gasteiger partial charge in [-0.1, -0.05) is 12.2 Å². The zero-order valence-corrected chi connectivity index (χ0v) is 8.50. The second-order valence-electron chi connectivity index (χ2n) is 3.74. The van der Waals surface area contributed by atoms with Crippen LogP contribution in [0.3, 0.4) is 0 Å². The number of halogens is 3. The summed E-state index contributed by atoms with van der Waals surface area (Å²) in [5.41, 5.74) is 0. The van der Waals surface area contributed by atoms with Gasteiger partial charge in [-0.15, -0.1) is 0 Å². The zero-order valence-electron chi connectivity index (χ0n) is 8.50. The number of rotatable bonds is 4. The minimum absolute atomic E-state index is 0.0779. The highest BCUT2D eigenvalue weighted by atomic mass is 19.4. The van der Waals surface area contributed by atoms with Crippen LogP contribution in [0.1, 0.15) is 19.3 Å². The monoisotopic (exact) mass is 223 g/mol. The molecule has 0 aromatic carbocycles. The van der Waals surface area contributed by atoms with Gasteiger partial charge in [-0.25, -0.2) is 0 Å². The van der Waals surface area contributed by atoms with Crippen molar-refractivity contribution in [2.75, 3.05) is 19.7 Å². The SMILES string of the molecule is OCCN(CC(F)(F)F)C1C=CCCC1. The van der Waals surface area contributed by atoms with E-state index in [2.05, 4.69) is 0 Å². The van der Waals surface area contributed by atoms with E-state index in [1.165, 1.54) is 4.90 Å². The van der Waals surface area contributed by atoms with E-state index >= 15 is 0 Å². The number of hydrogen-bond acceptors (Lipinski definition) is 2. The Hall–Kier alpha value is -0.550. The van der Waals surface area contributed by atoms with Crippen molar-refractivity contribution in [1.29, 1.82) is 0 Å². The summed E-state index contributed by atoms with van der Waals surface area (Å²) in [5, 5.41) is 8.73. The van der Waals surface area contributed by atoms with Crippen molar-refractivity contribution in [2.24, 2.45) is 0 Å². The van der Waals surface area contributed by atoms with Crippen LogP contribution in [0.15, 0.2) is 12.2 Å². The summed E-state index contributed by atoms with van der Waals surface area (Å²) in [5.74, 6) is 0.